The highest BCUT2D eigenvalue weighted by molar-refractivity contribution is 6.36. The number of carbonyl (C=O) groups excluding carboxylic acids is 1. The molecule has 1 N–H and O–H groups in total. The maximum atomic E-state index is 13.4. The highest BCUT2D eigenvalue weighted by Gasteiger charge is 2.36. The number of hydrogen-bond acceptors (Lipinski definition) is 3. The van der Waals surface area contributed by atoms with Gasteiger partial charge in [-0.1, -0.05) is 6.92 Å². The van der Waals surface area contributed by atoms with Crippen molar-refractivity contribution in [2.24, 2.45) is 0 Å². The monoisotopic (exact) mass is 274 g/mol. The lowest BCUT2D eigenvalue weighted by atomic mass is 10.0. The number of anilines is 1. The van der Waals surface area contributed by atoms with Crippen LogP contribution in [0, 0.1) is 17.1 Å². The Morgan fingerprint density at radius 1 is 1.50 bits per heavy atom. The van der Waals surface area contributed by atoms with E-state index in [4.69, 9.17) is 10.4 Å². The van der Waals surface area contributed by atoms with Crippen molar-refractivity contribution in [1.82, 2.24) is 0 Å². The van der Waals surface area contributed by atoms with E-state index in [0.29, 0.717) is 18.7 Å². The van der Waals surface area contributed by atoms with Gasteiger partial charge in [0.25, 0.3) is 5.91 Å². The van der Waals surface area contributed by atoms with E-state index in [2.05, 4.69) is 0 Å². The van der Waals surface area contributed by atoms with E-state index in [0.717, 1.165) is 6.07 Å². The summed E-state index contributed by atoms with van der Waals surface area (Å²) in [5.41, 5.74) is -0.326. The number of carboxylic acids is 1. The molecule has 1 aromatic rings. The van der Waals surface area contributed by atoms with Crippen LogP contribution in [0.5, 0.6) is 0 Å². The second kappa shape index (κ2) is 5.13. The van der Waals surface area contributed by atoms with Crippen LogP contribution in [-0.2, 0) is 9.59 Å². The normalized spacial score (nSPS) is 15.8. The number of aliphatic carboxylic acids is 1. The van der Waals surface area contributed by atoms with Crippen LogP contribution in [0.1, 0.15) is 18.9 Å². The summed E-state index contributed by atoms with van der Waals surface area (Å²) in [6.45, 7) is 2.24. The smallest absolute Gasteiger partial charge is 0.347 e. The molecule has 20 heavy (non-hydrogen) atoms. The number of hydrogen-bond donors (Lipinski definition) is 1. The molecule has 0 unspecified atom stereocenters. The Morgan fingerprint density at radius 2 is 2.20 bits per heavy atom. The van der Waals surface area contributed by atoms with E-state index in [1.807, 2.05) is 6.92 Å². The third-order valence-electron chi connectivity index (χ3n) is 3.00. The van der Waals surface area contributed by atoms with E-state index in [9.17, 15) is 14.0 Å². The first-order valence-corrected chi connectivity index (χ1v) is 6.00. The second-order valence-corrected chi connectivity index (χ2v) is 4.29. The Kier molecular flexibility index (Phi) is 3.53. The fourth-order valence-electron chi connectivity index (χ4n) is 2.20. The lowest BCUT2D eigenvalue weighted by molar-refractivity contribution is -0.132. The molecule has 0 aromatic heterocycles. The molecule has 0 radical (unpaired) electrons. The molecule has 102 valence electrons. The Bertz CT molecular complexity index is 673. The van der Waals surface area contributed by atoms with Crippen LogP contribution in [0.4, 0.5) is 10.1 Å². The molecule has 1 amide bonds. The molecule has 0 saturated carbocycles. The van der Waals surface area contributed by atoms with Crippen LogP contribution < -0.4 is 4.90 Å². The molecule has 1 aliphatic heterocycles. The van der Waals surface area contributed by atoms with Crippen LogP contribution in [0.15, 0.2) is 23.8 Å². The van der Waals surface area contributed by atoms with Crippen molar-refractivity contribution in [3.63, 3.8) is 0 Å². The van der Waals surface area contributed by atoms with Crippen molar-refractivity contribution in [3.8, 4) is 6.07 Å². The highest BCUT2D eigenvalue weighted by Crippen LogP contribution is 2.38. The minimum atomic E-state index is -1.50. The summed E-state index contributed by atoms with van der Waals surface area (Å²) in [6, 6.07) is 5.21. The quantitative estimate of drug-likeness (QED) is 0.674. The van der Waals surface area contributed by atoms with Crippen LogP contribution in [0.3, 0.4) is 0 Å². The number of benzene rings is 1. The third kappa shape index (κ3) is 2.03. The number of carboxylic acid groups (broad SMARTS) is 1. The first-order valence-electron chi connectivity index (χ1n) is 6.00. The standard InChI is InChI=1S/C14H11FN2O3/c1-2-5-17-11-4-3-8(15)6-9(11)12(13(17)18)10(7-16)14(19)20/h3-4,6H,2,5H2,1H3,(H,19,20)/b12-10+. The van der Waals surface area contributed by atoms with Gasteiger partial charge in [0.15, 0.2) is 5.57 Å². The SMILES string of the molecule is CCCN1C(=O)/C(=C(\C#N)C(=O)O)c2cc(F)ccc21. The number of rotatable bonds is 3. The average Bonchev–Trinajstić information content (AvgIpc) is 2.65. The van der Waals surface area contributed by atoms with Crippen molar-refractivity contribution in [1.29, 1.82) is 5.26 Å². The Balaban J connectivity index is 2.74. The number of nitrogens with zero attached hydrogens (tertiary/aromatic N) is 2. The minimum Gasteiger partial charge on any atom is -0.477 e. The average molecular weight is 274 g/mol. The summed E-state index contributed by atoms with van der Waals surface area (Å²) in [4.78, 5) is 24.7. The zero-order valence-corrected chi connectivity index (χ0v) is 10.7. The lowest BCUT2D eigenvalue weighted by Crippen LogP contribution is -2.27. The predicted octanol–water partition coefficient (Wildman–Crippen LogP) is 1.94. The molecular formula is C14H11FN2O3. The molecular weight excluding hydrogens is 263 g/mol. The van der Waals surface area contributed by atoms with E-state index in [1.165, 1.54) is 23.1 Å². The molecule has 2 rings (SSSR count). The molecule has 0 atom stereocenters. The molecule has 1 aromatic carbocycles. The van der Waals surface area contributed by atoms with Gasteiger partial charge < -0.3 is 10.0 Å². The molecule has 0 aliphatic carbocycles. The number of amides is 1. The van der Waals surface area contributed by atoms with Crippen molar-refractivity contribution in [3.05, 3.63) is 35.2 Å². The predicted molar refractivity (Wildman–Crippen MR) is 69.2 cm³/mol. The maximum absolute atomic E-state index is 13.4. The van der Waals surface area contributed by atoms with Gasteiger partial charge in [-0.05, 0) is 24.6 Å². The zero-order chi connectivity index (χ0) is 14.9. The Morgan fingerprint density at radius 3 is 2.75 bits per heavy atom. The lowest BCUT2D eigenvalue weighted by Gasteiger charge is -2.15. The molecule has 5 nitrogen and oxygen atoms in total. The maximum Gasteiger partial charge on any atom is 0.347 e. The van der Waals surface area contributed by atoms with E-state index >= 15 is 0 Å². The third-order valence-corrected chi connectivity index (χ3v) is 3.00. The summed E-state index contributed by atoms with van der Waals surface area (Å²) >= 11 is 0. The molecule has 1 heterocycles. The fraction of sp³-hybridized carbons (Fsp3) is 0.214. The number of fused-ring (bicyclic) bond motifs is 1. The van der Waals surface area contributed by atoms with Crippen molar-refractivity contribution >= 4 is 23.1 Å². The van der Waals surface area contributed by atoms with Crippen LogP contribution >= 0.6 is 0 Å². The topological polar surface area (TPSA) is 81.4 Å². The number of nitriles is 1. The van der Waals surface area contributed by atoms with Gasteiger partial charge >= 0.3 is 5.97 Å². The van der Waals surface area contributed by atoms with E-state index < -0.39 is 23.3 Å². The molecule has 0 saturated heterocycles. The van der Waals surface area contributed by atoms with Crippen LogP contribution in [0.25, 0.3) is 5.57 Å². The first-order chi connectivity index (χ1) is 9.51. The summed E-state index contributed by atoms with van der Waals surface area (Å²) in [6.07, 6.45) is 0.658. The van der Waals surface area contributed by atoms with Crippen LogP contribution in [-0.4, -0.2) is 23.5 Å². The summed E-state index contributed by atoms with van der Waals surface area (Å²) in [5, 5.41) is 18.0. The van der Waals surface area contributed by atoms with Gasteiger partial charge in [0.1, 0.15) is 11.9 Å². The van der Waals surface area contributed by atoms with Gasteiger partial charge in [-0.3, -0.25) is 4.79 Å². The fourth-order valence-corrected chi connectivity index (χ4v) is 2.20. The van der Waals surface area contributed by atoms with Crippen molar-refractivity contribution in [2.45, 2.75) is 13.3 Å². The number of carbonyl (C=O) groups is 2. The number of halogens is 1. The second-order valence-electron chi connectivity index (χ2n) is 4.29. The zero-order valence-electron chi connectivity index (χ0n) is 10.7. The van der Waals surface area contributed by atoms with Gasteiger partial charge in [-0.25, -0.2) is 9.18 Å². The summed E-state index contributed by atoms with van der Waals surface area (Å²) in [7, 11) is 0. The summed E-state index contributed by atoms with van der Waals surface area (Å²) in [5.74, 6) is -2.66. The first kappa shape index (κ1) is 13.7. The van der Waals surface area contributed by atoms with E-state index in [-0.39, 0.29) is 11.1 Å². The summed E-state index contributed by atoms with van der Waals surface area (Å²) < 4.78 is 13.4. The Labute approximate surface area is 114 Å². The van der Waals surface area contributed by atoms with Gasteiger partial charge in [0.2, 0.25) is 0 Å². The molecule has 0 fully saturated rings. The van der Waals surface area contributed by atoms with Crippen molar-refractivity contribution < 1.29 is 19.1 Å². The van der Waals surface area contributed by atoms with Gasteiger partial charge in [-0.15, -0.1) is 0 Å². The molecule has 0 spiro atoms. The highest BCUT2D eigenvalue weighted by atomic mass is 19.1. The molecule has 6 heteroatoms. The Hall–Kier alpha value is -2.68. The van der Waals surface area contributed by atoms with Gasteiger partial charge in [0, 0.05) is 12.1 Å². The van der Waals surface area contributed by atoms with Crippen LogP contribution in [0.2, 0.25) is 0 Å². The largest absolute Gasteiger partial charge is 0.477 e. The van der Waals surface area contributed by atoms with Gasteiger partial charge in [0.05, 0.1) is 11.3 Å². The minimum absolute atomic E-state index is 0.155. The van der Waals surface area contributed by atoms with E-state index in [1.54, 1.807) is 0 Å². The molecule has 1 aliphatic rings. The van der Waals surface area contributed by atoms with Crippen molar-refractivity contribution in [2.75, 3.05) is 11.4 Å². The van der Waals surface area contributed by atoms with Gasteiger partial charge in [-0.2, -0.15) is 5.26 Å². The molecule has 0 bridgehead atoms.